The number of alkyl halides is 3. The maximum absolute atomic E-state index is 13.3. The molecule has 8 heteroatoms. The average Bonchev–Trinajstić information content (AvgIpc) is 3.09. The average molecular weight is 420 g/mol. The van der Waals surface area contributed by atoms with Crippen molar-refractivity contribution in [3.05, 3.63) is 47.3 Å². The monoisotopic (exact) mass is 420 g/mol. The molecular formula is C22H23F3N2O3. The molecule has 0 amide bonds. The topological polar surface area (TPSA) is 82.2 Å². The van der Waals surface area contributed by atoms with E-state index in [1.807, 2.05) is 24.3 Å². The van der Waals surface area contributed by atoms with Crippen molar-refractivity contribution in [2.45, 2.75) is 57.2 Å². The van der Waals surface area contributed by atoms with Gasteiger partial charge in [0.15, 0.2) is 0 Å². The third-order valence-electron chi connectivity index (χ3n) is 6.39. The van der Waals surface area contributed by atoms with Crippen LogP contribution in [0.3, 0.4) is 0 Å². The molecule has 1 heterocycles. The van der Waals surface area contributed by atoms with Crippen LogP contribution in [0.5, 0.6) is 0 Å². The lowest BCUT2D eigenvalue weighted by atomic mass is 9.57. The van der Waals surface area contributed by atoms with Gasteiger partial charge in [-0.15, -0.1) is 0 Å². The van der Waals surface area contributed by atoms with Crippen molar-refractivity contribution in [1.29, 1.82) is 0 Å². The van der Waals surface area contributed by atoms with Crippen LogP contribution in [0, 0.1) is 5.41 Å². The minimum Gasteiger partial charge on any atom is -0.480 e. The van der Waals surface area contributed by atoms with Crippen molar-refractivity contribution in [2.24, 2.45) is 5.41 Å². The summed E-state index contributed by atoms with van der Waals surface area (Å²) in [5.41, 5.74) is 0.721. The number of carboxylic acids is 1. The zero-order valence-electron chi connectivity index (χ0n) is 16.3. The van der Waals surface area contributed by atoms with Gasteiger partial charge in [-0.05, 0) is 30.9 Å². The number of allylic oxidation sites excluding steroid dienone is 2. The van der Waals surface area contributed by atoms with Crippen LogP contribution in [0.15, 0.2) is 41.7 Å². The van der Waals surface area contributed by atoms with Gasteiger partial charge in [0, 0.05) is 40.2 Å². The molecule has 1 fully saturated rings. The first-order valence-electron chi connectivity index (χ1n) is 10.1. The highest BCUT2D eigenvalue weighted by Gasteiger charge is 2.55. The molecule has 1 unspecified atom stereocenters. The number of nitrogens with one attached hydrogen (secondary N) is 2. The highest BCUT2D eigenvalue weighted by molar-refractivity contribution is 6.03. The number of carboxylic acid groups (broad SMARTS) is 1. The lowest BCUT2D eigenvalue weighted by molar-refractivity contribution is -0.169. The molecule has 5 nitrogen and oxygen atoms in total. The molecule has 0 bridgehead atoms. The van der Waals surface area contributed by atoms with E-state index in [1.54, 1.807) is 6.20 Å². The molecule has 30 heavy (non-hydrogen) atoms. The number of para-hydroxylation sites is 1. The van der Waals surface area contributed by atoms with E-state index in [-0.39, 0.29) is 17.7 Å². The summed E-state index contributed by atoms with van der Waals surface area (Å²) in [4.78, 5) is 27.1. The first kappa shape index (κ1) is 20.5. The van der Waals surface area contributed by atoms with E-state index < -0.39 is 29.4 Å². The molecule has 0 radical (unpaired) electrons. The zero-order chi connectivity index (χ0) is 21.5. The maximum Gasteiger partial charge on any atom is 0.454 e. The van der Waals surface area contributed by atoms with Gasteiger partial charge in [-0.2, -0.15) is 13.2 Å². The summed E-state index contributed by atoms with van der Waals surface area (Å²) < 4.78 is 39.8. The molecule has 0 saturated heterocycles. The molecule has 160 valence electrons. The minimum absolute atomic E-state index is 0.0866. The molecule has 0 aliphatic heterocycles. The molecule has 1 atom stereocenters. The van der Waals surface area contributed by atoms with Crippen molar-refractivity contribution in [3.63, 3.8) is 0 Å². The van der Waals surface area contributed by atoms with Gasteiger partial charge in [0.1, 0.15) is 6.04 Å². The van der Waals surface area contributed by atoms with Crippen LogP contribution in [0.2, 0.25) is 0 Å². The Bertz CT molecular complexity index is 1020. The Balaban J connectivity index is 1.63. The van der Waals surface area contributed by atoms with Crippen molar-refractivity contribution in [3.8, 4) is 0 Å². The van der Waals surface area contributed by atoms with Gasteiger partial charge in [0.25, 0.3) is 5.78 Å². The van der Waals surface area contributed by atoms with Gasteiger partial charge in [-0.3, -0.25) is 4.79 Å². The van der Waals surface area contributed by atoms with Crippen molar-refractivity contribution in [2.75, 3.05) is 0 Å². The molecule has 1 aromatic heterocycles. The Morgan fingerprint density at radius 2 is 1.87 bits per heavy atom. The number of aliphatic carboxylic acids is 1. The third-order valence-corrected chi connectivity index (χ3v) is 6.39. The standard InChI is InChI=1S/C22H23F3N2O3/c23-22(24,25)19(28)18-17(11-21(18)8-4-1-5-9-21)27-16(20(29)30)10-13-12-26-15-7-3-2-6-14(13)15/h2-3,6-7,12,16,26-27H,1,4-5,8-11H2,(H,29,30). The van der Waals surface area contributed by atoms with Crippen LogP contribution >= 0.6 is 0 Å². The molecule has 4 rings (SSSR count). The second-order valence-corrected chi connectivity index (χ2v) is 8.30. The number of aromatic amines is 1. The molecule has 3 N–H and O–H groups in total. The van der Waals surface area contributed by atoms with Crippen LogP contribution in [0.25, 0.3) is 10.9 Å². The SMILES string of the molecule is O=C(O)C(Cc1c[nH]c2ccccc12)NC1=C(C(=O)C(F)(F)F)C2(CCCCC2)C1. The fourth-order valence-electron chi connectivity index (χ4n) is 4.96. The third kappa shape index (κ3) is 3.59. The zero-order valence-corrected chi connectivity index (χ0v) is 16.3. The van der Waals surface area contributed by atoms with Crippen molar-refractivity contribution < 1.29 is 27.9 Å². The van der Waals surface area contributed by atoms with Gasteiger partial charge >= 0.3 is 12.1 Å². The van der Waals surface area contributed by atoms with Crippen LogP contribution in [0.1, 0.15) is 44.1 Å². The molecule has 2 aliphatic rings. The van der Waals surface area contributed by atoms with Crippen molar-refractivity contribution >= 4 is 22.7 Å². The number of fused-ring (bicyclic) bond motifs is 1. The minimum atomic E-state index is -4.97. The number of ketones is 1. The maximum atomic E-state index is 13.3. The molecule has 1 spiro atoms. The van der Waals surface area contributed by atoms with Gasteiger partial charge < -0.3 is 15.4 Å². The van der Waals surface area contributed by atoms with E-state index in [1.165, 1.54) is 0 Å². The second-order valence-electron chi connectivity index (χ2n) is 8.30. The summed E-state index contributed by atoms with van der Waals surface area (Å²) in [6, 6.07) is 6.29. The van der Waals surface area contributed by atoms with Gasteiger partial charge in [-0.1, -0.05) is 37.5 Å². The Labute approximate surface area is 171 Å². The Morgan fingerprint density at radius 1 is 1.17 bits per heavy atom. The number of carbonyl (C=O) groups is 2. The summed E-state index contributed by atoms with van der Waals surface area (Å²) in [7, 11) is 0. The number of halogens is 3. The summed E-state index contributed by atoms with van der Waals surface area (Å²) in [6.07, 6.45) is 0.691. The molecule has 2 aromatic rings. The highest BCUT2D eigenvalue weighted by atomic mass is 19.4. The quantitative estimate of drug-likeness (QED) is 0.643. The first-order valence-corrected chi connectivity index (χ1v) is 10.1. The second kappa shape index (κ2) is 7.49. The van der Waals surface area contributed by atoms with E-state index in [4.69, 9.17) is 0 Å². The van der Waals surface area contributed by atoms with E-state index in [2.05, 4.69) is 10.3 Å². The van der Waals surface area contributed by atoms with Crippen LogP contribution in [-0.2, 0) is 16.0 Å². The lowest BCUT2D eigenvalue weighted by Gasteiger charge is -2.48. The fraction of sp³-hybridized carbons (Fsp3) is 0.455. The molecule has 2 aliphatic carbocycles. The lowest BCUT2D eigenvalue weighted by Crippen LogP contribution is -2.50. The number of hydrogen-bond acceptors (Lipinski definition) is 3. The highest BCUT2D eigenvalue weighted by Crippen LogP contribution is 2.56. The van der Waals surface area contributed by atoms with E-state index in [0.29, 0.717) is 19.3 Å². The predicted molar refractivity (Wildman–Crippen MR) is 105 cm³/mol. The predicted octanol–water partition coefficient (Wildman–Crippen LogP) is 4.49. The molecular weight excluding hydrogens is 397 g/mol. The normalized spacial score (nSPS) is 19.6. The summed E-state index contributed by atoms with van der Waals surface area (Å²) in [5.74, 6) is -3.01. The number of benzene rings is 1. The summed E-state index contributed by atoms with van der Waals surface area (Å²) in [5, 5.41) is 13.3. The Morgan fingerprint density at radius 3 is 2.53 bits per heavy atom. The van der Waals surface area contributed by atoms with E-state index in [9.17, 15) is 27.9 Å². The van der Waals surface area contributed by atoms with Crippen LogP contribution < -0.4 is 5.32 Å². The van der Waals surface area contributed by atoms with E-state index >= 15 is 0 Å². The number of Topliss-reactive ketones (excluding diaryl/α,β-unsaturated/α-hetero) is 1. The molecule has 1 saturated carbocycles. The van der Waals surface area contributed by atoms with Crippen molar-refractivity contribution in [1.82, 2.24) is 10.3 Å². The summed E-state index contributed by atoms with van der Waals surface area (Å²) >= 11 is 0. The molecule has 1 aromatic carbocycles. The van der Waals surface area contributed by atoms with Gasteiger partial charge in [-0.25, -0.2) is 4.79 Å². The smallest absolute Gasteiger partial charge is 0.454 e. The van der Waals surface area contributed by atoms with Crippen LogP contribution in [-0.4, -0.2) is 34.1 Å². The largest absolute Gasteiger partial charge is 0.480 e. The fourth-order valence-corrected chi connectivity index (χ4v) is 4.96. The van der Waals surface area contributed by atoms with Gasteiger partial charge in [0.05, 0.1) is 0 Å². The van der Waals surface area contributed by atoms with E-state index in [0.717, 1.165) is 35.7 Å². The number of hydrogen-bond donors (Lipinski definition) is 3. The number of carbonyl (C=O) groups excluding carboxylic acids is 1. The number of H-pyrrole nitrogens is 1. The van der Waals surface area contributed by atoms with Gasteiger partial charge in [0.2, 0.25) is 0 Å². The first-order chi connectivity index (χ1) is 14.2. The van der Waals surface area contributed by atoms with Crippen LogP contribution in [0.4, 0.5) is 13.2 Å². The number of aromatic nitrogens is 1. The Hall–Kier alpha value is -2.77. The number of rotatable bonds is 6. The Kier molecular flexibility index (Phi) is 5.11. The summed E-state index contributed by atoms with van der Waals surface area (Å²) in [6.45, 7) is 0.